The van der Waals surface area contributed by atoms with E-state index in [2.05, 4.69) is 5.32 Å². The minimum Gasteiger partial charge on any atom is -0.481 e. The average molecular weight is 217 g/mol. The fourth-order valence-electron chi connectivity index (χ4n) is 0.984. The van der Waals surface area contributed by atoms with E-state index in [4.69, 9.17) is 10.2 Å². The highest BCUT2D eigenvalue weighted by molar-refractivity contribution is 5.81. The first kappa shape index (κ1) is 13.6. The molecule has 0 aromatic rings. The third kappa shape index (κ3) is 6.62. The molecule has 6 nitrogen and oxygen atoms in total. The lowest BCUT2D eigenvalue weighted by atomic mass is 10.2. The third-order valence-electron chi connectivity index (χ3n) is 1.87. The normalized spacial score (nSPS) is 12.1. The molecule has 1 atom stereocenters. The van der Waals surface area contributed by atoms with Crippen molar-refractivity contribution in [3.63, 3.8) is 0 Å². The van der Waals surface area contributed by atoms with E-state index in [1.807, 2.05) is 0 Å². The summed E-state index contributed by atoms with van der Waals surface area (Å²) in [5.74, 6) is -2.39. The molecule has 0 aromatic carbocycles. The van der Waals surface area contributed by atoms with E-state index in [9.17, 15) is 14.4 Å². The van der Waals surface area contributed by atoms with Crippen LogP contribution in [0.2, 0.25) is 0 Å². The first-order chi connectivity index (χ1) is 6.97. The van der Waals surface area contributed by atoms with Crippen LogP contribution in [0, 0.1) is 0 Å². The maximum absolute atomic E-state index is 10.9. The lowest BCUT2D eigenvalue weighted by molar-refractivity contribution is -0.146. The Morgan fingerprint density at radius 1 is 1.27 bits per heavy atom. The van der Waals surface area contributed by atoms with Crippen molar-refractivity contribution in [3.05, 3.63) is 0 Å². The molecule has 0 fully saturated rings. The minimum atomic E-state index is -1.22. The van der Waals surface area contributed by atoms with E-state index in [0.29, 0.717) is 6.42 Å². The van der Waals surface area contributed by atoms with Gasteiger partial charge in [-0.1, -0.05) is 6.92 Å². The van der Waals surface area contributed by atoms with Crippen LogP contribution in [0.25, 0.3) is 0 Å². The van der Waals surface area contributed by atoms with Crippen molar-refractivity contribution in [2.45, 2.75) is 32.2 Å². The molecule has 0 amide bonds. The van der Waals surface area contributed by atoms with Crippen molar-refractivity contribution in [2.75, 3.05) is 6.54 Å². The zero-order valence-corrected chi connectivity index (χ0v) is 8.52. The molecule has 0 unspecified atom stereocenters. The van der Waals surface area contributed by atoms with Gasteiger partial charge in [-0.05, 0) is 0 Å². The number of ketones is 1. The number of hydrogen-bond donors (Lipinski definition) is 3. The van der Waals surface area contributed by atoms with E-state index >= 15 is 0 Å². The van der Waals surface area contributed by atoms with Gasteiger partial charge in [-0.2, -0.15) is 0 Å². The van der Waals surface area contributed by atoms with Gasteiger partial charge >= 0.3 is 11.9 Å². The molecule has 0 bridgehead atoms. The Kier molecular flexibility index (Phi) is 6.28. The molecule has 0 heterocycles. The van der Waals surface area contributed by atoms with Crippen molar-refractivity contribution in [3.8, 4) is 0 Å². The van der Waals surface area contributed by atoms with Gasteiger partial charge in [-0.3, -0.25) is 14.4 Å². The van der Waals surface area contributed by atoms with E-state index in [-0.39, 0.29) is 18.7 Å². The first-order valence-corrected chi connectivity index (χ1v) is 4.67. The van der Waals surface area contributed by atoms with Gasteiger partial charge in [0.2, 0.25) is 0 Å². The van der Waals surface area contributed by atoms with Crippen molar-refractivity contribution < 1.29 is 24.6 Å². The maximum Gasteiger partial charge on any atom is 0.321 e. The fourth-order valence-corrected chi connectivity index (χ4v) is 0.984. The molecule has 15 heavy (non-hydrogen) atoms. The molecule has 0 rings (SSSR count). The van der Waals surface area contributed by atoms with Crippen LogP contribution in [0.5, 0.6) is 0 Å². The molecule has 0 aliphatic rings. The average Bonchev–Trinajstić information content (AvgIpc) is 2.15. The second-order valence-corrected chi connectivity index (χ2v) is 3.09. The number of hydrogen-bond acceptors (Lipinski definition) is 4. The number of Topliss-reactive ketones (excluding diaryl/α,β-unsaturated/α-hetero) is 1. The molecular formula is C9H15NO5. The summed E-state index contributed by atoms with van der Waals surface area (Å²) in [6.45, 7) is 1.91. The molecule has 0 spiro atoms. The van der Waals surface area contributed by atoms with Crippen molar-refractivity contribution in [1.82, 2.24) is 5.32 Å². The fraction of sp³-hybridized carbons (Fsp3) is 0.667. The third-order valence-corrected chi connectivity index (χ3v) is 1.87. The molecule has 0 aliphatic heterocycles. The highest BCUT2D eigenvalue weighted by Crippen LogP contribution is 1.94. The van der Waals surface area contributed by atoms with Gasteiger partial charge in [0.25, 0.3) is 0 Å². The molecule has 6 heteroatoms. The summed E-state index contributed by atoms with van der Waals surface area (Å²) in [5.41, 5.74) is 0. The number of nitrogens with one attached hydrogen (secondary N) is 1. The number of carbonyl (C=O) groups excluding carboxylic acids is 1. The van der Waals surface area contributed by atoms with E-state index in [0.717, 1.165) is 0 Å². The van der Waals surface area contributed by atoms with Gasteiger partial charge < -0.3 is 15.5 Å². The summed E-state index contributed by atoms with van der Waals surface area (Å²) in [6.07, 6.45) is 0.133. The van der Waals surface area contributed by atoms with Crippen LogP contribution < -0.4 is 5.32 Å². The first-order valence-electron chi connectivity index (χ1n) is 4.67. The zero-order chi connectivity index (χ0) is 11.8. The lowest BCUT2D eigenvalue weighted by Gasteiger charge is -2.11. The Labute approximate surface area is 87.3 Å². The Hall–Kier alpha value is -1.43. The second kappa shape index (κ2) is 6.94. The maximum atomic E-state index is 10.9. The molecule has 86 valence electrons. The predicted molar refractivity (Wildman–Crippen MR) is 51.6 cm³/mol. The quantitative estimate of drug-likeness (QED) is 0.523. The summed E-state index contributed by atoms with van der Waals surface area (Å²) in [4.78, 5) is 31.7. The van der Waals surface area contributed by atoms with Crippen molar-refractivity contribution >= 4 is 17.7 Å². The van der Waals surface area contributed by atoms with Gasteiger partial charge in [-0.25, -0.2) is 0 Å². The zero-order valence-electron chi connectivity index (χ0n) is 8.52. The van der Waals surface area contributed by atoms with Gasteiger partial charge in [0.15, 0.2) is 0 Å². The SMILES string of the molecule is CCC(=O)CCN[C@@H](CC(=O)O)C(=O)O. The topological polar surface area (TPSA) is 104 Å². The monoisotopic (exact) mass is 217 g/mol. The summed E-state index contributed by atoms with van der Waals surface area (Å²) >= 11 is 0. The van der Waals surface area contributed by atoms with Crippen LogP contribution in [-0.4, -0.2) is 40.5 Å². The molecular weight excluding hydrogens is 202 g/mol. The smallest absolute Gasteiger partial charge is 0.321 e. The van der Waals surface area contributed by atoms with E-state index in [1.54, 1.807) is 6.92 Å². The van der Waals surface area contributed by atoms with Gasteiger partial charge in [-0.15, -0.1) is 0 Å². The van der Waals surface area contributed by atoms with E-state index < -0.39 is 24.4 Å². The van der Waals surface area contributed by atoms with Crippen LogP contribution >= 0.6 is 0 Å². The Morgan fingerprint density at radius 3 is 2.27 bits per heavy atom. The molecule has 0 saturated carbocycles. The van der Waals surface area contributed by atoms with Crippen molar-refractivity contribution in [2.24, 2.45) is 0 Å². The van der Waals surface area contributed by atoms with Gasteiger partial charge in [0, 0.05) is 19.4 Å². The van der Waals surface area contributed by atoms with Crippen LogP contribution in [0.15, 0.2) is 0 Å². The summed E-state index contributed by atoms with van der Waals surface area (Å²) < 4.78 is 0. The molecule has 0 aliphatic carbocycles. The number of rotatable bonds is 8. The van der Waals surface area contributed by atoms with Gasteiger partial charge in [0.1, 0.15) is 11.8 Å². The molecule has 0 saturated heterocycles. The highest BCUT2D eigenvalue weighted by Gasteiger charge is 2.19. The van der Waals surface area contributed by atoms with Crippen LogP contribution in [0.4, 0.5) is 0 Å². The Balaban J connectivity index is 3.91. The summed E-state index contributed by atoms with van der Waals surface area (Å²) in [7, 11) is 0. The second-order valence-electron chi connectivity index (χ2n) is 3.09. The lowest BCUT2D eigenvalue weighted by Crippen LogP contribution is -2.39. The van der Waals surface area contributed by atoms with Gasteiger partial charge in [0.05, 0.1) is 6.42 Å². The van der Waals surface area contributed by atoms with Crippen LogP contribution in [0.3, 0.4) is 0 Å². The standard InChI is InChI=1S/C9H15NO5/c1-2-6(11)3-4-10-7(9(14)15)5-8(12)13/h7,10H,2-5H2,1H3,(H,12,13)(H,14,15)/t7-/m0/s1. The molecule has 0 radical (unpaired) electrons. The van der Waals surface area contributed by atoms with Crippen LogP contribution in [0.1, 0.15) is 26.2 Å². The Bertz CT molecular complexity index is 251. The van der Waals surface area contributed by atoms with Crippen LogP contribution in [-0.2, 0) is 14.4 Å². The summed E-state index contributed by atoms with van der Waals surface area (Å²) in [5, 5.41) is 19.6. The predicted octanol–water partition coefficient (Wildman–Crippen LogP) is -0.127. The molecule has 0 aromatic heterocycles. The van der Waals surface area contributed by atoms with Crippen molar-refractivity contribution in [1.29, 1.82) is 0 Å². The number of aliphatic carboxylic acids is 2. The highest BCUT2D eigenvalue weighted by atomic mass is 16.4. The number of carbonyl (C=O) groups is 3. The minimum absolute atomic E-state index is 0.0157. The largest absolute Gasteiger partial charge is 0.481 e. The Morgan fingerprint density at radius 2 is 1.87 bits per heavy atom. The number of carboxylic acids is 2. The molecule has 3 N–H and O–H groups in total. The van der Waals surface area contributed by atoms with E-state index in [1.165, 1.54) is 0 Å². The number of carboxylic acid groups (broad SMARTS) is 2. The summed E-state index contributed by atoms with van der Waals surface area (Å²) in [6, 6.07) is -1.13.